The van der Waals surface area contributed by atoms with Crippen LogP contribution < -0.4 is 5.32 Å². The van der Waals surface area contributed by atoms with Crippen LogP contribution in [0.3, 0.4) is 0 Å². The van der Waals surface area contributed by atoms with Gasteiger partial charge < -0.3 is 14.6 Å². The highest BCUT2D eigenvalue weighted by Crippen LogP contribution is 2.21. The number of aromatic nitrogens is 1. The summed E-state index contributed by atoms with van der Waals surface area (Å²) < 4.78 is 45.8. The Balaban J connectivity index is 1.78. The fourth-order valence-electron chi connectivity index (χ4n) is 3.12. The van der Waals surface area contributed by atoms with Gasteiger partial charge in [-0.05, 0) is 24.3 Å². The zero-order valence-corrected chi connectivity index (χ0v) is 15.7. The van der Waals surface area contributed by atoms with Crippen LogP contribution in [0.25, 0.3) is 10.9 Å². The van der Waals surface area contributed by atoms with E-state index in [2.05, 4.69) is 5.32 Å². The minimum Gasteiger partial charge on any atom is -0.379 e. The summed E-state index contributed by atoms with van der Waals surface area (Å²) in [4.78, 5) is 12.7. The highest BCUT2D eigenvalue weighted by molar-refractivity contribution is 7.89. The van der Waals surface area contributed by atoms with Gasteiger partial charge in [0.25, 0.3) is 5.91 Å². The van der Waals surface area contributed by atoms with Crippen LogP contribution in [0, 0.1) is 11.7 Å². The molecular weight excluding hydrogens is 361 g/mol. The molecule has 1 fully saturated rings. The number of hydrogen-bond donors (Lipinski definition) is 1. The van der Waals surface area contributed by atoms with Crippen LogP contribution in [0.2, 0.25) is 0 Å². The van der Waals surface area contributed by atoms with Gasteiger partial charge in [-0.1, -0.05) is 0 Å². The molecule has 2 atom stereocenters. The van der Waals surface area contributed by atoms with E-state index in [1.807, 2.05) is 0 Å². The van der Waals surface area contributed by atoms with E-state index in [-0.39, 0.29) is 36.6 Å². The summed E-state index contributed by atoms with van der Waals surface area (Å²) in [6, 6.07) is 5.56. The Hall–Kier alpha value is -1.97. The molecule has 0 spiro atoms. The third kappa shape index (κ3) is 3.60. The number of benzene rings is 1. The number of carbonyl (C=O) groups excluding carboxylic acids is 1. The lowest BCUT2D eigenvalue weighted by Gasteiger charge is -2.21. The van der Waals surface area contributed by atoms with Crippen LogP contribution >= 0.6 is 0 Å². The molecular formula is C17H22FN3O4S. The van der Waals surface area contributed by atoms with E-state index in [4.69, 9.17) is 4.74 Å². The number of aryl methyl sites for hydroxylation is 1. The summed E-state index contributed by atoms with van der Waals surface area (Å²) in [5.74, 6) is -1.12. The van der Waals surface area contributed by atoms with Crippen molar-refractivity contribution in [3.63, 3.8) is 0 Å². The molecule has 1 aliphatic heterocycles. The van der Waals surface area contributed by atoms with Crippen molar-refractivity contribution in [3.8, 4) is 0 Å². The Morgan fingerprint density at radius 3 is 2.77 bits per heavy atom. The molecule has 7 nitrogen and oxygen atoms in total. The third-order valence-electron chi connectivity index (χ3n) is 4.73. The average molecular weight is 383 g/mol. The first-order chi connectivity index (χ1) is 12.2. The summed E-state index contributed by atoms with van der Waals surface area (Å²) >= 11 is 0. The van der Waals surface area contributed by atoms with E-state index in [9.17, 15) is 17.6 Å². The van der Waals surface area contributed by atoms with Crippen LogP contribution in [0.1, 0.15) is 10.5 Å². The molecule has 1 aliphatic rings. The number of fused-ring (bicyclic) bond motifs is 1. The molecule has 9 heteroatoms. The SMILES string of the molecule is CN(C)S(=O)(=O)C[C@@H]1COC[C@@H]1NC(=O)c1cc2cc(F)ccc2n1C. The Bertz CT molecular complexity index is 939. The molecule has 0 radical (unpaired) electrons. The molecule has 2 heterocycles. The maximum absolute atomic E-state index is 13.4. The number of nitrogens with zero attached hydrogens (tertiary/aromatic N) is 2. The number of rotatable bonds is 5. The molecule has 0 bridgehead atoms. The van der Waals surface area contributed by atoms with Crippen molar-refractivity contribution in [2.75, 3.05) is 33.1 Å². The Kier molecular flexibility index (Phi) is 5.05. The molecule has 2 aromatic rings. The summed E-state index contributed by atoms with van der Waals surface area (Å²) in [6.07, 6.45) is 0. The maximum Gasteiger partial charge on any atom is 0.268 e. The number of halogens is 1. The lowest BCUT2D eigenvalue weighted by Crippen LogP contribution is -2.44. The molecule has 1 aromatic heterocycles. The summed E-state index contributed by atoms with van der Waals surface area (Å²) in [5, 5.41) is 3.49. The molecule has 1 amide bonds. The lowest BCUT2D eigenvalue weighted by atomic mass is 10.1. The second-order valence-corrected chi connectivity index (χ2v) is 8.96. The summed E-state index contributed by atoms with van der Waals surface area (Å²) in [7, 11) is 1.30. The molecule has 1 N–H and O–H groups in total. The van der Waals surface area contributed by atoms with Gasteiger partial charge in [0.05, 0.1) is 25.0 Å². The van der Waals surface area contributed by atoms with Crippen molar-refractivity contribution in [2.45, 2.75) is 6.04 Å². The fraction of sp³-hybridized carbons (Fsp3) is 0.471. The largest absolute Gasteiger partial charge is 0.379 e. The van der Waals surface area contributed by atoms with Crippen LogP contribution in [0.4, 0.5) is 4.39 Å². The fourth-order valence-corrected chi connectivity index (χ4v) is 4.29. The quantitative estimate of drug-likeness (QED) is 0.834. The van der Waals surface area contributed by atoms with Gasteiger partial charge in [-0.2, -0.15) is 0 Å². The first-order valence-electron chi connectivity index (χ1n) is 8.23. The van der Waals surface area contributed by atoms with Gasteiger partial charge in [-0.15, -0.1) is 0 Å². The summed E-state index contributed by atoms with van der Waals surface area (Å²) in [6.45, 7) is 0.538. The van der Waals surface area contributed by atoms with Crippen molar-refractivity contribution in [2.24, 2.45) is 13.0 Å². The number of ether oxygens (including phenoxy) is 1. The molecule has 0 saturated carbocycles. The zero-order chi connectivity index (χ0) is 19.1. The summed E-state index contributed by atoms with van der Waals surface area (Å²) in [5.41, 5.74) is 1.12. The molecule has 3 rings (SSSR count). The van der Waals surface area contributed by atoms with Crippen molar-refractivity contribution in [1.82, 2.24) is 14.2 Å². The van der Waals surface area contributed by atoms with Gasteiger partial charge in [0.1, 0.15) is 11.5 Å². The molecule has 26 heavy (non-hydrogen) atoms. The molecule has 0 aliphatic carbocycles. The van der Waals surface area contributed by atoms with E-state index in [0.29, 0.717) is 11.1 Å². The van der Waals surface area contributed by atoms with Crippen molar-refractivity contribution in [1.29, 1.82) is 0 Å². The Morgan fingerprint density at radius 1 is 1.35 bits per heavy atom. The van der Waals surface area contributed by atoms with E-state index < -0.39 is 16.1 Å². The molecule has 0 unspecified atom stereocenters. The predicted molar refractivity (Wildman–Crippen MR) is 95.9 cm³/mol. The average Bonchev–Trinajstić information content (AvgIpc) is 3.11. The normalized spacial score (nSPS) is 20.8. The lowest BCUT2D eigenvalue weighted by molar-refractivity contribution is 0.0918. The number of nitrogens with one attached hydrogen (secondary N) is 1. The van der Waals surface area contributed by atoms with E-state index in [0.717, 1.165) is 5.52 Å². The molecule has 1 saturated heterocycles. The first-order valence-corrected chi connectivity index (χ1v) is 9.84. The van der Waals surface area contributed by atoms with Gasteiger partial charge in [0, 0.05) is 38.0 Å². The van der Waals surface area contributed by atoms with E-state index in [1.54, 1.807) is 23.7 Å². The second kappa shape index (κ2) is 6.98. The van der Waals surface area contributed by atoms with Crippen molar-refractivity contribution >= 4 is 26.8 Å². The smallest absolute Gasteiger partial charge is 0.268 e. The second-order valence-electron chi connectivity index (χ2n) is 6.73. The van der Waals surface area contributed by atoms with Gasteiger partial charge in [0.15, 0.2) is 0 Å². The van der Waals surface area contributed by atoms with Gasteiger partial charge in [-0.25, -0.2) is 17.1 Å². The minimum atomic E-state index is -3.39. The zero-order valence-electron chi connectivity index (χ0n) is 14.9. The monoisotopic (exact) mass is 383 g/mol. The van der Waals surface area contributed by atoms with Gasteiger partial charge in [0.2, 0.25) is 10.0 Å². The van der Waals surface area contributed by atoms with Crippen LogP contribution in [-0.2, 0) is 21.8 Å². The minimum absolute atomic E-state index is 0.0920. The van der Waals surface area contributed by atoms with E-state index in [1.165, 1.54) is 30.5 Å². The van der Waals surface area contributed by atoms with Crippen molar-refractivity contribution in [3.05, 3.63) is 35.8 Å². The molecule has 1 aromatic carbocycles. The Morgan fingerprint density at radius 2 is 2.08 bits per heavy atom. The van der Waals surface area contributed by atoms with Crippen LogP contribution in [-0.4, -0.2) is 62.3 Å². The van der Waals surface area contributed by atoms with Crippen molar-refractivity contribution < 1.29 is 22.3 Å². The van der Waals surface area contributed by atoms with Crippen LogP contribution in [0.5, 0.6) is 0 Å². The number of amides is 1. The first kappa shape index (κ1) is 18.8. The van der Waals surface area contributed by atoms with Crippen LogP contribution in [0.15, 0.2) is 24.3 Å². The maximum atomic E-state index is 13.4. The third-order valence-corrected chi connectivity index (χ3v) is 6.70. The molecule has 142 valence electrons. The number of carbonyl (C=O) groups is 1. The van der Waals surface area contributed by atoms with Gasteiger partial charge >= 0.3 is 0 Å². The van der Waals surface area contributed by atoms with Gasteiger partial charge in [-0.3, -0.25) is 4.79 Å². The topological polar surface area (TPSA) is 80.6 Å². The standard InChI is InChI=1S/C17H22FN3O4S/c1-20(2)26(23,24)10-12-8-25-9-14(12)19-17(22)16-7-11-6-13(18)4-5-15(11)21(16)3/h4-7,12,14H,8-10H2,1-3H3,(H,19,22)/t12-,14-/m0/s1. The predicted octanol–water partition coefficient (Wildman–Crippen LogP) is 0.954. The number of sulfonamides is 1. The number of hydrogen-bond acceptors (Lipinski definition) is 4. The highest BCUT2D eigenvalue weighted by atomic mass is 32.2. The van der Waals surface area contributed by atoms with E-state index >= 15 is 0 Å². The highest BCUT2D eigenvalue weighted by Gasteiger charge is 2.34. The Labute approximate surface area is 151 Å².